The van der Waals surface area contributed by atoms with Crippen molar-refractivity contribution in [3.05, 3.63) is 68.7 Å². The van der Waals surface area contributed by atoms with Crippen LogP contribution in [-0.4, -0.2) is 22.2 Å². The van der Waals surface area contributed by atoms with E-state index in [9.17, 15) is 20.0 Å². The molecule has 0 aliphatic rings. The Bertz CT molecular complexity index is 762. The number of carbonyl (C=O) groups excluding carboxylic acids is 1. The molecule has 2 N–H and O–H groups in total. The number of halogens is 1. The molecule has 7 nitrogen and oxygen atoms in total. The first kappa shape index (κ1) is 15.5. The number of benzene rings is 2. The largest absolute Gasteiger partial charge is 0.507 e. The summed E-state index contributed by atoms with van der Waals surface area (Å²) >= 11 is 5.78. The fourth-order valence-corrected chi connectivity index (χ4v) is 1.80. The van der Waals surface area contributed by atoms with E-state index >= 15 is 0 Å². The third kappa shape index (κ3) is 3.80. The van der Waals surface area contributed by atoms with Gasteiger partial charge in [-0.1, -0.05) is 17.7 Å². The van der Waals surface area contributed by atoms with Gasteiger partial charge in [0, 0.05) is 28.3 Å². The Labute approximate surface area is 130 Å². The van der Waals surface area contributed by atoms with Crippen LogP contribution >= 0.6 is 11.6 Å². The van der Waals surface area contributed by atoms with Gasteiger partial charge in [0.15, 0.2) is 0 Å². The smallest absolute Gasteiger partial charge is 0.271 e. The summed E-state index contributed by atoms with van der Waals surface area (Å²) in [6, 6.07) is 9.63. The fraction of sp³-hybridized carbons (Fsp3) is 0. The summed E-state index contributed by atoms with van der Waals surface area (Å²) in [4.78, 5) is 21.9. The first-order chi connectivity index (χ1) is 10.5. The van der Waals surface area contributed by atoms with Crippen LogP contribution in [0, 0.1) is 10.1 Å². The van der Waals surface area contributed by atoms with E-state index in [0.717, 1.165) is 6.07 Å². The van der Waals surface area contributed by atoms with E-state index in [2.05, 4.69) is 10.5 Å². The SMILES string of the molecule is O=C(N/N=C\c1cc(Cl)ccc1O)c1cccc([N+](=O)[O-])c1. The number of hydrazone groups is 1. The van der Waals surface area contributed by atoms with Crippen LogP contribution in [0.25, 0.3) is 0 Å². The van der Waals surface area contributed by atoms with Crippen LogP contribution in [0.2, 0.25) is 5.02 Å². The number of nitrogens with one attached hydrogen (secondary N) is 1. The van der Waals surface area contributed by atoms with Crippen LogP contribution in [-0.2, 0) is 0 Å². The lowest BCUT2D eigenvalue weighted by atomic mass is 10.2. The number of aromatic hydroxyl groups is 1. The number of hydrogen-bond acceptors (Lipinski definition) is 5. The lowest BCUT2D eigenvalue weighted by Crippen LogP contribution is -2.17. The molecule has 112 valence electrons. The molecule has 0 radical (unpaired) electrons. The van der Waals surface area contributed by atoms with Crippen LogP contribution in [0.5, 0.6) is 5.75 Å². The summed E-state index contributed by atoms with van der Waals surface area (Å²) in [6.07, 6.45) is 1.22. The van der Waals surface area contributed by atoms with Crippen molar-refractivity contribution in [3.8, 4) is 5.75 Å². The average molecular weight is 320 g/mol. The number of nitro groups is 1. The molecule has 0 bridgehead atoms. The van der Waals surface area contributed by atoms with E-state index in [1.807, 2.05) is 0 Å². The number of non-ortho nitro benzene ring substituents is 1. The van der Waals surface area contributed by atoms with Crippen LogP contribution in [0.1, 0.15) is 15.9 Å². The van der Waals surface area contributed by atoms with Gasteiger partial charge in [-0.25, -0.2) is 5.43 Å². The van der Waals surface area contributed by atoms with Gasteiger partial charge < -0.3 is 5.11 Å². The molecule has 22 heavy (non-hydrogen) atoms. The quantitative estimate of drug-likeness (QED) is 0.513. The predicted octanol–water partition coefficient (Wildman–Crippen LogP) is 2.72. The van der Waals surface area contributed by atoms with Crippen molar-refractivity contribution in [1.29, 1.82) is 0 Å². The molecule has 0 unspecified atom stereocenters. The van der Waals surface area contributed by atoms with Gasteiger partial charge in [0.25, 0.3) is 11.6 Å². The highest BCUT2D eigenvalue weighted by molar-refractivity contribution is 6.30. The maximum atomic E-state index is 11.8. The molecular formula is C14H10ClN3O4. The van der Waals surface area contributed by atoms with Gasteiger partial charge in [0.2, 0.25) is 0 Å². The third-order valence-corrected chi connectivity index (χ3v) is 2.91. The van der Waals surface area contributed by atoms with E-state index in [0.29, 0.717) is 10.6 Å². The normalized spacial score (nSPS) is 10.6. The molecule has 0 aliphatic heterocycles. The molecule has 0 heterocycles. The lowest BCUT2D eigenvalue weighted by Gasteiger charge is -2.01. The third-order valence-electron chi connectivity index (χ3n) is 2.68. The molecule has 8 heteroatoms. The van der Waals surface area contributed by atoms with Crippen LogP contribution < -0.4 is 5.43 Å². The predicted molar refractivity (Wildman–Crippen MR) is 81.3 cm³/mol. The summed E-state index contributed by atoms with van der Waals surface area (Å²) in [7, 11) is 0. The van der Waals surface area contributed by atoms with Gasteiger partial charge in [0.1, 0.15) is 5.75 Å². The van der Waals surface area contributed by atoms with Crippen LogP contribution in [0.4, 0.5) is 5.69 Å². The zero-order chi connectivity index (χ0) is 16.1. The van der Waals surface area contributed by atoms with Crippen LogP contribution in [0.15, 0.2) is 47.6 Å². The van der Waals surface area contributed by atoms with Gasteiger partial charge in [-0.2, -0.15) is 5.10 Å². The number of nitro benzene ring substituents is 1. The molecule has 0 saturated heterocycles. The molecule has 0 saturated carbocycles. The maximum absolute atomic E-state index is 11.8. The Kier molecular flexibility index (Phi) is 4.70. The standard InChI is InChI=1S/C14H10ClN3O4/c15-11-4-5-13(19)10(6-11)8-16-17-14(20)9-2-1-3-12(7-9)18(21)22/h1-8,19H,(H,17,20)/b16-8-. The molecule has 2 aromatic rings. The van der Waals surface area contributed by atoms with Gasteiger partial charge in [-0.3, -0.25) is 14.9 Å². The zero-order valence-electron chi connectivity index (χ0n) is 11.1. The van der Waals surface area contributed by atoms with Crippen molar-refractivity contribution in [2.75, 3.05) is 0 Å². The first-order valence-corrected chi connectivity index (χ1v) is 6.41. The van der Waals surface area contributed by atoms with E-state index in [1.54, 1.807) is 0 Å². The maximum Gasteiger partial charge on any atom is 0.271 e. The molecular weight excluding hydrogens is 310 g/mol. The Morgan fingerprint density at radius 3 is 2.82 bits per heavy atom. The minimum atomic E-state index is -0.610. The average Bonchev–Trinajstić information content (AvgIpc) is 2.50. The molecule has 0 atom stereocenters. The summed E-state index contributed by atoms with van der Waals surface area (Å²) in [6.45, 7) is 0. The first-order valence-electron chi connectivity index (χ1n) is 6.04. The van der Waals surface area contributed by atoms with Crippen molar-refractivity contribution in [2.24, 2.45) is 5.10 Å². The van der Waals surface area contributed by atoms with E-state index in [1.165, 1.54) is 42.6 Å². The number of carbonyl (C=O) groups is 1. The number of hydrogen-bond donors (Lipinski definition) is 2. The molecule has 0 aromatic heterocycles. The second kappa shape index (κ2) is 6.68. The highest BCUT2D eigenvalue weighted by Crippen LogP contribution is 2.19. The number of nitrogens with zero attached hydrogens (tertiary/aromatic N) is 2. The lowest BCUT2D eigenvalue weighted by molar-refractivity contribution is -0.384. The van der Waals surface area contributed by atoms with Crippen molar-refractivity contribution < 1.29 is 14.8 Å². The Hall–Kier alpha value is -2.93. The van der Waals surface area contributed by atoms with Crippen molar-refractivity contribution >= 4 is 29.4 Å². The highest BCUT2D eigenvalue weighted by atomic mass is 35.5. The van der Waals surface area contributed by atoms with Gasteiger partial charge >= 0.3 is 0 Å². The number of amides is 1. The van der Waals surface area contributed by atoms with Gasteiger partial charge in [0.05, 0.1) is 11.1 Å². The van der Waals surface area contributed by atoms with E-state index in [-0.39, 0.29) is 17.0 Å². The minimum absolute atomic E-state index is 0.0438. The van der Waals surface area contributed by atoms with E-state index in [4.69, 9.17) is 11.6 Å². The van der Waals surface area contributed by atoms with Crippen molar-refractivity contribution in [2.45, 2.75) is 0 Å². The van der Waals surface area contributed by atoms with Gasteiger partial charge in [-0.05, 0) is 24.3 Å². The summed E-state index contributed by atoms with van der Waals surface area (Å²) in [5, 5.41) is 24.3. The number of rotatable bonds is 4. The van der Waals surface area contributed by atoms with Crippen molar-refractivity contribution in [3.63, 3.8) is 0 Å². The summed E-state index contributed by atoms with van der Waals surface area (Å²) in [5.41, 5.74) is 2.45. The van der Waals surface area contributed by atoms with E-state index < -0.39 is 10.8 Å². The number of phenols is 1. The second-order valence-corrected chi connectivity index (χ2v) is 4.65. The Morgan fingerprint density at radius 2 is 2.09 bits per heavy atom. The van der Waals surface area contributed by atoms with Crippen molar-refractivity contribution in [1.82, 2.24) is 5.43 Å². The Balaban J connectivity index is 2.09. The molecule has 0 spiro atoms. The molecule has 2 rings (SSSR count). The minimum Gasteiger partial charge on any atom is -0.507 e. The molecule has 2 aromatic carbocycles. The molecule has 0 aliphatic carbocycles. The fourth-order valence-electron chi connectivity index (χ4n) is 1.61. The summed E-state index contributed by atoms with van der Waals surface area (Å²) in [5.74, 6) is -0.654. The topological polar surface area (TPSA) is 105 Å². The zero-order valence-corrected chi connectivity index (χ0v) is 11.8. The van der Waals surface area contributed by atoms with Gasteiger partial charge in [-0.15, -0.1) is 0 Å². The monoisotopic (exact) mass is 319 g/mol. The second-order valence-electron chi connectivity index (χ2n) is 4.21. The highest BCUT2D eigenvalue weighted by Gasteiger charge is 2.10. The van der Waals surface area contributed by atoms with Crippen LogP contribution in [0.3, 0.4) is 0 Å². The summed E-state index contributed by atoms with van der Waals surface area (Å²) < 4.78 is 0. The number of phenolic OH excluding ortho intramolecular Hbond substituents is 1. The molecule has 1 amide bonds. The molecule has 0 fully saturated rings. The Morgan fingerprint density at radius 1 is 1.32 bits per heavy atom.